The third-order valence-corrected chi connectivity index (χ3v) is 12.0. The number of hydrogen-bond acceptors (Lipinski definition) is 3. The van der Waals surface area contributed by atoms with E-state index in [0.29, 0.717) is 30.5 Å². The molecule has 3 fully saturated rings. The third-order valence-electron chi connectivity index (χ3n) is 11.0. The summed E-state index contributed by atoms with van der Waals surface area (Å²) >= 11 is 7.73. The van der Waals surface area contributed by atoms with E-state index in [4.69, 9.17) is 11.6 Å². The Hall–Kier alpha value is -1.13. The van der Waals surface area contributed by atoms with Gasteiger partial charge in [0, 0.05) is 23.8 Å². The van der Waals surface area contributed by atoms with Crippen molar-refractivity contribution in [1.82, 2.24) is 9.78 Å². The smallest absolute Gasteiger partial charge is 0.139 e. The van der Waals surface area contributed by atoms with Crippen molar-refractivity contribution in [2.24, 2.45) is 34.0 Å². The Morgan fingerprint density at radius 1 is 1.28 bits per heavy atom. The summed E-state index contributed by atoms with van der Waals surface area (Å²) in [7, 11) is 0. The van der Waals surface area contributed by atoms with E-state index >= 15 is 0 Å². The number of hydrogen-bond donors (Lipinski definition) is 1. The minimum absolute atomic E-state index is 0.205. The fraction of sp³-hybridized carbons (Fsp3) is 0.778. The molecule has 5 rings (SSSR count). The monoisotopic (exact) mass is 458 g/mol. The molecule has 0 amide bonds. The number of aliphatic hydroxyl groups excluding tert-OH is 1. The molecule has 4 nitrogen and oxygen atoms in total. The first-order valence-corrected chi connectivity index (χ1v) is 13.0. The number of Topliss-reactive ketones (excluding diaryl/α,β-unsaturated/α-hetero) is 1. The van der Waals surface area contributed by atoms with Crippen molar-refractivity contribution in [2.45, 2.75) is 97.6 Å². The summed E-state index contributed by atoms with van der Waals surface area (Å²) in [5, 5.41) is 16.5. The lowest BCUT2D eigenvalue weighted by Gasteiger charge is -2.65. The van der Waals surface area contributed by atoms with Crippen LogP contribution < -0.4 is 0 Å². The van der Waals surface area contributed by atoms with Crippen LogP contribution in [0.15, 0.2) is 11.8 Å². The van der Waals surface area contributed by atoms with Crippen molar-refractivity contribution < 1.29 is 9.90 Å². The van der Waals surface area contributed by atoms with Gasteiger partial charge in [-0.2, -0.15) is 5.10 Å². The number of rotatable bonds is 3. The first-order valence-electron chi connectivity index (χ1n) is 12.6. The molecule has 0 aromatic carbocycles. The second kappa shape index (κ2) is 6.95. The Balaban J connectivity index is 1.61. The van der Waals surface area contributed by atoms with Gasteiger partial charge in [-0.05, 0) is 73.8 Å². The van der Waals surface area contributed by atoms with Crippen LogP contribution in [0.4, 0.5) is 0 Å². The highest BCUT2D eigenvalue weighted by molar-refractivity contribution is 6.26. The Morgan fingerprint density at radius 2 is 2.00 bits per heavy atom. The van der Waals surface area contributed by atoms with Crippen molar-refractivity contribution in [3.63, 3.8) is 0 Å². The summed E-state index contributed by atoms with van der Waals surface area (Å²) in [4.78, 5) is 12.6. The largest absolute Gasteiger partial charge is 0.391 e. The summed E-state index contributed by atoms with van der Waals surface area (Å²) in [5.41, 5.74) is 2.91. The van der Waals surface area contributed by atoms with E-state index < -0.39 is 16.4 Å². The molecule has 8 atom stereocenters. The Morgan fingerprint density at radius 3 is 2.66 bits per heavy atom. The molecule has 0 saturated heterocycles. The van der Waals surface area contributed by atoms with Gasteiger partial charge in [0.15, 0.2) is 0 Å². The summed E-state index contributed by atoms with van der Waals surface area (Å²) in [5.74, 6) is 1.22. The van der Waals surface area contributed by atoms with Crippen LogP contribution in [0.2, 0.25) is 0 Å². The standard InChI is InChI=1S/C27H39ClN2O2/c1-7-22(31)26(6)16(3)11-20-19-10-9-18-12-21-17(15-29-30(21)8-2)13-24(18,4)27(19,28)23(32)14-25(20,26)5/h12,15-16,19-20,23,32H,7-11,13-14H2,1-6H3/t16-,19-,20-,23-,24-,25-,26+,27-/m0/s1. The van der Waals surface area contributed by atoms with Gasteiger partial charge in [0.05, 0.1) is 22.9 Å². The van der Waals surface area contributed by atoms with Gasteiger partial charge in [0.2, 0.25) is 0 Å². The van der Waals surface area contributed by atoms with E-state index in [1.807, 2.05) is 13.1 Å². The number of halogens is 1. The molecule has 176 valence electrons. The number of ketones is 1. The van der Waals surface area contributed by atoms with Gasteiger partial charge in [-0.3, -0.25) is 9.48 Å². The van der Waals surface area contributed by atoms with Crippen LogP contribution in [0.3, 0.4) is 0 Å². The molecule has 1 N–H and O–H groups in total. The molecule has 3 saturated carbocycles. The van der Waals surface area contributed by atoms with Gasteiger partial charge < -0.3 is 5.11 Å². The summed E-state index contributed by atoms with van der Waals surface area (Å²) in [6.07, 6.45) is 8.69. The van der Waals surface area contributed by atoms with Crippen LogP contribution in [-0.4, -0.2) is 31.6 Å². The number of carbonyl (C=O) groups excluding carboxylic acids is 1. The highest BCUT2D eigenvalue weighted by Gasteiger charge is 2.73. The molecule has 4 aliphatic rings. The molecule has 0 spiro atoms. The molecule has 0 aliphatic heterocycles. The molecule has 32 heavy (non-hydrogen) atoms. The second-order valence-electron chi connectivity index (χ2n) is 11.8. The number of alkyl halides is 1. The molecule has 0 radical (unpaired) electrons. The number of aliphatic hydroxyl groups is 1. The van der Waals surface area contributed by atoms with Crippen molar-refractivity contribution in [3.8, 4) is 0 Å². The van der Waals surface area contributed by atoms with Gasteiger partial charge in [-0.15, -0.1) is 11.6 Å². The lowest BCUT2D eigenvalue weighted by Crippen LogP contribution is -2.68. The zero-order valence-electron chi connectivity index (χ0n) is 20.5. The quantitative estimate of drug-likeness (QED) is 0.595. The Kier molecular flexibility index (Phi) is 4.92. The highest BCUT2D eigenvalue weighted by Crippen LogP contribution is 2.74. The fourth-order valence-corrected chi connectivity index (χ4v) is 9.41. The maximum Gasteiger partial charge on any atom is 0.139 e. The lowest BCUT2D eigenvalue weighted by molar-refractivity contribution is -0.153. The van der Waals surface area contributed by atoms with Crippen molar-refractivity contribution in [1.29, 1.82) is 0 Å². The van der Waals surface area contributed by atoms with Crippen LogP contribution in [0, 0.1) is 34.0 Å². The topological polar surface area (TPSA) is 55.1 Å². The summed E-state index contributed by atoms with van der Waals surface area (Å²) in [6, 6.07) is 0. The Labute approximate surface area is 197 Å². The second-order valence-corrected chi connectivity index (χ2v) is 12.4. The normalized spacial score (nSPS) is 47.2. The van der Waals surface area contributed by atoms with Crippen molar-refractivity contribution in [2.75, 3.05) is 0 Å². The van der Waals surface area contributed by atoms with Gasteiger partial charge in [0.1, 0.15) is 5.78 Å². The van der Waals surface area contributed by atoms with Crippen molar-refractivity contribution in [3.05, 3.63) is 23.0 Å². The molecule has 1 aromatic heterocycles. The van der Waals surface area contributed by atoms with Crippen LogP contribution in [0.1, 0.15) is 84.9 Å². The predicted molar refractivity (Wildman–Crippen MR) is 128 cm³/mol. The zero-order valence-corrected chi connectivity index (χ0v) is 21.3. The van der Waals surface area contributed by atoms with E-state index in [1.54, 1.807) is 0 Å². The molecule has 0 bridgehead atoms. The average Bonchev–Trinajstić information content (AvgIpc) is 3.24. The number of nitrogens with zero attached hydrogens (tertiary/aromatic N) is 2. The van der Waals surface area contributed by atoms with E-state index in [1.165, 1.54) is 16.8 Å². The number of aromatic nitrogens is 2. The number of aryl methyl sites for hydroxylation is 1. The number of allylic oxidation sites excluding steroid dienone is 1. The third kappa shape index (κ3) is 2.39. The molecule has 1 heterocycles. The van der Waals surface area contributed by atoms with Gasteiger partial charge >= 0.3 is 0 Å². The van der Waals surface area contributed by atoms with Crippen molar-refractivity contribution >= 4 is 23.5 Å². The van der Waals surface area contributed by atoms with Crippen LogP contribution in [0.5, 0.6) is 0 Å². The molecular formula is C27H39ClN2O2. The number of fused-ring (bicyclic) bond motifs is 6. The van der Waals surface area contributed by atoms with E-state index in [-0.39, 0.29) is 16.7 Å². The van der Waals surface area contributed by atoms with E-state index in [2.05, 4.69) is 50.5 Å². The minimum Gasteiger partial charge on any atom is -0.391 e. The Bertz CT molecular complexity index is 1000. The predicted octanol–water partition coefficient (Wildman–Crippen LogP) is 5.65. The molecule has 0 unspecified atom stereocenters. The first-order chi connectivity index (χ1) is 15.0. The van der Waals surface area contributed by atoms with Crippen LogP contribution in [-0.2, 0) is 17.8 Å². The SMILES string of the molecule is CCC(=O)[C@@]1(C)[C@@H](C)C[C@H]2[C@@H]3CCC4=Cc5c(cnn5CC)C[C@]4(C)[C@@]3(Cl)[C@@H](O)C[C@@]21C. The van der Waals surface area contributed by atoms with Gasteiger partial charge in [-0.25, -0.2) is 0 Å². The lowest BCUT2D eigenvalue weighted by atomic mass is 9.43. The molecule has 5 heteroatoms. The van der Waals surface area contributed by atoms with E-state index in [9.17, 15) is 9.90 Å². The fourth-order valence-electron chi connectivity index (χ4n) is 8.88. The first kappa shape index (κ1) is 22.7. The average molecular weight is 459 g/mol. The summed E-state index contributed by atoms with van der Waals surface area (Å²) in [6.45, 7) is 14.0. The maximum absolute atomic E-state index is 13.3. The summed E-state index contributed by atoms with van der Waals surface area (Å²) < 4.78 is 2.07. The maximum atomic E-state index is 13.3. The highest BCUT2D eigenvalue weighted by atomic mass is 35.5. The van der Waals surface area contributed by atoms with Crippen LogP contribution >= 0.6 is 11.6 Å². The van der Waals surface area contributed by atoms with Gasteiger partial charge in [0.25, 0.3) is 0 Å². The van der Waals surface area contributed by atoms with Gasteiger partial charge in [-0.1, -0.05) is 40.2 Å². The number of carbonyl (C=O) groups is 1. The zero-order chi connectivity index (χ0) is 23.3. The van der Waals surface area contributed by atoms with Crippen LogP contribution in [0.25, 0.3) is 6.08 Å². The van der Waals surface area contributed by atoms with E-state index in [0.717, 1.165) is 32.2 Å². The molecular weight excluding hydrogens is 420 g/mol. The molecule has 1 aromatic rings. The molecule has 4 aliphatic carbocycles. The minimum atomic E-state index is -0.715.